The predicted octanol–water partition coefficient (Wildman–Crippen LogP) is 2.74. The van der Waals surface area contributed by atoms with Crippen molar-refractivity contribution in [3.8, 4) is 17.2 Å². The summed E-state index contributed by atoms with van der Waals surface area (Å²) in [5.41, 5.74) is 1.75. The highest BCUT2D eigenvalue weighted by Gasteiger charge is 2.12. The van der Waals surface area contributed by atoms with Crippen LogP contribution < -0.4 is 9.47 Å². The van der Waals surface area contributed by atoms with Gasteiger partial charge in [0, 0.05) is 11.8 Å². The molecule has 1 heterocycles. The number of hydrogen-bond donors (Lipinski definition) is 1. The summed E-state index contributed by atoms with van der Waals surface area (Å²) in [5.74, 6) is 1.76. The van der Waals surface area contributed by atoms with Crippen molar-refractivity contribution >= 4 is 6.21 Å². The largest absolute Gasteiger partial charge is 0.507 e. The van der Waals surface area contributed by atoms with Gasteiger partial charge >= 0.3 is 0 Å². The van der Waals surface area contributed by atoms with E-state index in [4.69, 9.17) is 9.47 Å². The third-order valence-corrected chi connectivity index (χ3v) is 2.88. The Labute approximate surface area is 110 Å². The predicted molar refractivity (Wildman–Crippen MR) is 72.0 cm³/mol. The number of benzene rings is 2. The van der Waals surface area contributed by atoms with Crippen molar-refractivity contribution in [2.45, 2.75) is 6.54 Å². The van der Waals surface area contributed by atoms with E-state index >= 15 is 0 Å². The Hall–Kier alpha value is -2.49. The highest BCUT2D eigenvalue weighted by Crippen LogP contribution is 2.32. The molecule has 0 saturated carbocycles. The molecule has 2 aromatic carbocycles. The lowest BCUT2D eigenvalue weighted by molar-refractivity contribution is 0.174. The molecule has 1 aliphatic heterocycles. The van der Waals surface area contributed by atoms with Crippen LogP contribution in [0.25, 0.3) is 0 Å². The number of aromatic hydroxyl groups is 1. The summed E-state index contributed by atoms with van der Waals surface area (Å²) in [6.45, 7) is 0.810. The lowest BCUT2D eigenvalue weighted by Crippen LogP contribution is -1.92. The van der Waals surface area contributed by atoms with E-state index in [1.165, 1.54) is 0 Å². The molecule has 0 unspecified atom stereocenters. The van der Waals surface area contributed by atoms with Gasteiger partial charge in [0.1, 0.15) is 5.75 Å². The van der Waals surface area contributed by atoms with Crippen molar-refractivity contribution in [1.82, 2.24) is 0 Å². The van der Waals surface area contributed by atoms with Crippen molar-refractivity contribution in [2.75, 3.05) is 6.79 Å². The van der Waals surface area contributed by atoms with Crippen molar-refractivity contribution in [2.24, 2.45) is 4.99 Å². The van der Waals surface area contributed by atoms with E-state index in [1.807, 2.05) is 30.3 Å². The lowest BCUT2D eigenvalue weighted by atomic mass is 10.2. The van der Waals surface area contributed by atoms with Crippen LogP contribution in [0.1, 0.15) is 11.1 Å². The molecule has 0 radical (unpaired) electrons. The zero-order chi connectivity index (χ0) is 13.1. The Balaban J connectivity index is 1.71. The third-order valence-electron chi connectivity index (χ3n) is 2.88. The molecular formula is C15H13NO3. The summed E-state index contributed by atoms with van der Waals surface area (Å²) >= 11 is 0. The van der Waals surface area contributed by atoms with Crippen LogP contribution in [0.3, 0.4) is 0 Å². The highest BCUT2D eigenvalue weighted by molar-refractivity contribution is 5.83. The second-order valence-corrected chi connectivity index (χ2v) is 4.22. The highest BCUT2D eigenvalue weighted by atomic mass is 16.7. The molecule has 0 aromatic heterocycles. The lowest BCUT2D eigenvalue weighted by Gasteiger charge is -2.00. The Bertz CT molecular complexity index is 623. The van der Waals surface area contributed by atoms with Crippen LogP contribution in [0.5, 0.6) is 17.2 Å². The molecule has 2 aromatic rings. The number of fused-ring (bicyclic) bond motifs is 1. The first kappa shape index (κ1) is 11.6. The summed E-state index contributed by atoms with van der Waals surface area (Å²) in [6.07, 6.45) is 1.67. The number of ether oxygens (including phenoxy) is 2. The van der Waals surface area contributed by atoms with E-state index in [2.05, 4.69) is 4.99 Å². The molecule has 0 atom stereocenters. The summed E-state index contributed by atoms with van der Waals surface area (Å²) in [7, 11) is 0. The minimum Gasteiger partial charge on any atom is -0.507 e. The van der Waals surface area contributed by atoms with E-state index < -0.39 is 0 Å². The molecule has 19 heavy (non-hydrogen) atoms. The standard InChI is InChI=1S/C15H13NO3/c17-13-4-2-1-3-12(13)9-16-8-11-5-6-14-15(7-11)19-10-18-14/h1-7,9,17H,8,10H2. The Morgan fingerprint density at radius 2 is 1.95 bits per heavy atom. The van der Waals surface area contributed by atoms with Gasteiger partial charge in [-0.3, -0.25) is 4.99 Å². The van der Waals surface area contributed by atoms with Gasteiger partial charge in [0.2, 0.25) is 6.79 Å². The molecular weight excluding hydrogens is 242 g/mol. The molecule has 1 aliphatic rings. The molecule has 0 saturated heterocycles. The average molecular weight is 255 g/mol. The fourth-order valence-electron chi connectivity index (χ4n) is 1.89. The molecule has 0 spiro atoms. The summed E-state index contributed by atoms with van der Waals surface area (Å²) in [5, 5.41) is 9.61. The molecule has 0 bridgehead atoms. The quantitative estimate of drug-likeness (QED) is 0.858. The first-order valence-corrected chi connectivity index (χ1v) is 5.99. The average Bonchev–Trinajstić information content (AvgIpc) is 2.88. The van der Waals surface area contributed by atoms with Crippen LogP contribution in [0.2, 0.25) is 0 Å². The maximum atomic E-state index is 9.61. The van der Waals surface area contributed by atoms with Crippen LogP contribution in [-0.4, -0.2) is 18.1 Å². The van der Waals surface area contributed by atoms with Gasteiger partial charge < -0.3 is 14.6 Å². The molecule has 1 N–H and O–H groups in total. The molecule has 0 aliphatic carbocycles. The Morgan fingerprint density at radius 1 is 1.11 bits per heavy atom. The van der Waals surface area contributed by atoms with E-state index in [9.17, 15) is 5.11 Å². The smallest absolute Gasteiger partial charge is 0.231 e. The number of para-hydroxylation sites is 1. The second-order valence-electron chi connectivity index (χ2n) is 4.22. The summed E-state index contributed by atoms with van der Waals surface area (Å²) < 4.78 is 10.6. The van der Waals surface area contributed by atoms with Gasteiger partial charge in [-0.15, -0.1) is 0 Å². The number of phenols is 1. The van der Waals surface area contributed by atoms with E-state index in [-0.39, 0.29) is 12.5 Å². The van der Waals surface area contributed by atoms with Crippen LogP contribution in [-0.2, 0) is 6.54 Å². The van der Waals surface area contributed by atoms with Crippen LogP contribution in [0.15, 0.2) is 47.5 Å². The topological polar surface area (TPSA) is 51.1 Å². The van der Waals surface area contributed by atoms with Crippen LogP contribution in [0.4, 0.5) is 0 Å². The van der Waals surface area contributed by atoms with E-state index in [1.54, 1.807) is 18.3 Å². The van der Waals surface area contributed by atoms with E-state index in [0.717, 1.165) is 17.1 Å². The van der Waals surface area contributed by atoms with Crippen LogP contribution >= 0.6 is 0 Å². The van der Waals surface area contributed by atoms with Crippen molar-refractivity contribution in [1.29, 1.82) is 0 Å². The Kier molecular flexibility index (Phi) is 3.06. The van der Waals surface area contributed by atoms with Crippen molar-refractivity contribution in [3.05, 3.63) is 53.6 Å². The van der Waals surface area contributed by atoms with Gasteiger partial charge in [0.05, 0.1) is 6.54 Å². The van der Waals surface area contributed by atoms with Gasteiger partial charge in [-0.1, -0.05) is 18.2 Å². The number of phenolic OH excluding ortho intramolecular Hbond substituents is 1. The SMILES string of the molecule is Oc1ccccc1C=NCc1ccc2c(c1)OCO2. The molecule has 3 rings (SSSR count). The van der Waals surface area contributed by atoms with Crippen molar-refractivity contribution < 1.29 is 14.6 Å². The van der Waals surface area contributed by atoms with Gasteiger partial charge in [-0.25, -0.2) is 0 Å². The van der Waals surface area contributed by atoms with Gasteiger partial charge in [-0.05, 0) is 29.8 Å². The zero-order valence-corrected chi connectivity index (χ0v) is 10.2. The molecule has 0 fully saturated rings. The first-order valence-electron chi connectivity index (χ1n) is 5.99. The van der Waals surface area contributed by atoms with Crippen LogP contribution in [0, 0.1) is 0 Å². The summed E-state index contributed by atoms with van der Waals surface area (Å²) in [4.78, 5) is 4.32. The van der Waals surface area contributed by atoms with Gasteiger partial charge in [0.15, 0.2) is 11.5 Å². The maximum Gasteiger partial charge on any atom is 0.231 e. The van der Waals surface area contributed by atoms with Gasteiger partial charge in [0.25, 0.3) is 0 Å². The first-order chi connectivity index (χ1) is 9.33. The number of aliphatic imine (C=N–C) groups is 1. The monoisotopic (exact) mass is 255 g/mol. The molecule has 4 nitrogen and oxygen atoms in total. The fourth-order valence-corrected chi connectivity index (χ4v) is 1.89. The van der Waals surface area contributed by atoms with Gasteiger partial charge in [-0.2, -0.15) is 0 Å². The zero-order valence-electron chi connectivity index (χ0n) is 10.2. The molecule has 4 heteroatoms. The minimum atomic E-state index is 0.233. The van der Waals surface area contributed by atoms with E-state index in [0.29, 0.717) is 12.1 Å². The molecule has 0 amide bonds. The number of nitrogens with zero attached hydrogens (tertiary/aromatic N) is 1. The molecule has 96 valence electrons. The third kappa shape index (κ3) is 2.52. The Morgan fingerprint density at radius 3 is 2.84 bits per heavy atom. The maximum absolute atomic E-state index is 9.61. The van der Waals surface area contributed by atoms with Crippen molar-refractivity contribution in [3.63, 3.8) is 0 Å². The normalized spacial score (nSPS) is 13.1. The number of rotatable bonds is 3. The fraction of sp³-hybridized carbons (Fsp3) is 0.133. The summed E-state index contributed by atoms with van der Waals surface area (Å²) in [6, 6.07) is 12.9. The minimum absolute atomic E-state index is 0.233. The number of hydrogen-bond acceptors (Lipinski definition) is 4. The second kappa shape index (κ2) is 5.02.